The fraction of sp³-hybridized carbons (Fsp3) is 0.667. The predicted molar refractivity (Wildman–Crippen MR) is 197 cm³/mol. The minimum Gasteiger partial charge on any atom is -0.486 e. The number of hydrogen-bond donors (Lipinski definition) is 1. The molecule has 54 heavy (non-hydrogen) atoms. The number of benzene rings is 1. The van der Waals surface area contributed by atoms with Crippen LogP contribution in [0.3, 0.4) is 0 Å². The lowest BCUT2D eigenvalue weighted by Crippen LogP contribution is -2.53. The molecule has 5 atom stereocenters. The van der Waals surface area contributed by atoms with Gasteiger partial charge >= 0.3 is 12.2 Å². The molecule has 0 unspecified atom stereocenters. The Hall–Kier alpha value is -4.14. The molecular formula is C39H53N3O11S. The molecule has 1 aliphatic carbocycles. The van der Waals surface area contributed by atoms with E-state index in [1.54, 1.807) is 20.8 Å². The zero-order chi connectivity index (χ0) is 39.0. The number of sulfone groups is 1. The number of allylic oxidation sites excluding steroid dienone is 2. The third kappa shape index (κ3) is 8.71. The van der Waals surface area contributed by atoms with Gasteiger partial charge in [0.15, 0.2) is 32.9 Å². The summed E-state index contributed by atoms with van der Waals surface area (Å²) in [7, 11) is -3.73. The van der Waals surface area contributed by atoms with Crippen LogP contribution >= 0.6 is 0 Å². The van der Waals surface area contributed by atoms with Crippen LogP contribution in [-0.2, 0) is 46.8 Å². The number of nitrogens with zero attached hydrogens (tertiary/aromatic N) is 2. The van der Waals surface area contributed by atoms with E-state index in [0.29, 0.717) is 50.4 Å². The Morgan fingerprint density at radius 2 is 1.81 bits per heavy atom. The summed E-state index contributed by atoms with van der Waals surface area (Å²) in [6, 6.07) is 1.61. The van der Waals surface area contributed by atoms with Crippen molar-refractivity contribution in [1.82, 2.24) is 15.1 Å². The minimum atomic E-state index is -3.73. The number of fused-ring (bicyclic) bond motifs is 5. The van der Waals surface area contributed by atoms with Gasteiger partial charge in [-0.15, -0.1) is 0 Å². The second kappa shape index (κ2) is 15.5. The van der Waals surface area contributed by atoms with Gasteiger partial charge in [0.25, 0.3) is 0 Å². The first kappa shape index (κ1) is 39.6. The molecule has 1 aromatic rings. The molecule has 0 aromatic heterocycles. The van der Waals surface area contributed by atoms with Crippen LogP contribution in [0.2, 0.25) is 0 Å². The van der Waals surface area contributed by atoms with Gasteiger partial charge in [-0.1, -0.05) is 31.1 Å². The molecule has 0 spiro atoms. The van der Waals surface area contributed by atoms with Crippen LogP contribution in [0, 0.1) is 11.3 Å². The Morgan fingerprint density at radius 1 is 1.06 bits per heavy atom. The standard InChI is InChI=1S/C39H53N3O11S/c1-24(2)54(48,49)23-33(44)39-18-26(39)11-9-7-6-8-10-12-29(40-36(46)53-38(3,4)5)35(45)42-21-27(17-30(42)31(43)19-39)52-37(47)41-20-25-13-14-32-34(28(25)22-41)51-16-15-50-32/h9,11,13-14,24,26-27,29-30H,6-8,10,12,15-23H2,1-5H3,(H,40,46)/b11-9-/t26-,27-,29+,30+,39-/m1/s1. The third-order valence-electron chi connectivity index (χ3n) is 11.0. The van der Waals surface area contributed by atoms with Crippen molar-refractivity contribution in [1.29, 1.82) is 0 Å². The van der Waals surface area contributed by atoms with Crippen LogP contribution in [0.5, 0.6) is 11.5 Å². The molecular weight excluding hydrogens is 719 g/mol. The third-order valence-corrected chi connectivity index (χ3v) is 13.1. The van der Waals surface area contributed by atoms with Crippen molar-refractivity contribution in [2.75, 3.05) is 25.5 Å². The summed E-state index contributed by atoms with van der Waals surface area (Å²) < 4.78 is 48.8. The van der Waals surface area contributed by atoms with E-state index in [2.05, 4.69) is 5.32 Å². The number of hydrogen-bond acceptors (Lipinski definition) is 11. The lowest BCUT2D eigenvalue weighted by Gasteiger charge is -2.30. The molecule has 14 nitrogen and oxygen atoms in total. The average molecular weight is 772 g/mol. The van der Waals surface area contributed by atoms with Gasteiger partial charge < -0.3 is 29.2 Å². The summed E-state index contributed by atoms with van der Waals surface area (Å²) in [5, 5.41) is 1.96. The number of carbonyl (C=O) groups is 5. The van der Waals surface area contributed by atoms with Crippen LogP contribution in [0.25, 0.3) is 0 Å². The monoisotopic (exact) mass is 771 g/mol. The highest BCUT2D eigenvalue weighted by Crippen LogP contribution is 2.58. The summed E-state index contributed by atoms with van der Waals surface area (Å²) in [5.41, 5.74) is -0.283. The summed E-state index contributed by atoms with van der Waals surface area (Å²) >= 11 is 0. The van der Waals surface area contributed by atoms with Crippen molar-refractivity contribution >= 4 is 39.5 Å². The van der Waals surface area contributed by atoms with Gasteiger partial charge in [0.05, 0.1) is 24.4 Å². The maximum Gasteiger partial charge on any atom is 0.410 e. The maximum atomic E-state index is 14.4. The van der Waals surface area contributed by atoms with E-state index in [1.165, 1.54) is 23.6 Å². The van der Waals surface area contributed by atoms with Crippen molar-refractivity contribution < 1.29 is 51.3 Å². The van der Waals surface area contributed by atoms with Crippen LogP contribution in [0.1, 0.15) is 97.1 Å². The SMILES string of the molecule is CC(C)S(=O)(=O)CC(=O)[C@]12CC(=O)[C@@H]3C[C@@H](OC(=O)N4Cc5ccc6c(c5C4)OCCO6)CN3C(=O)[C@@H](NC(=O)OC(C)(C)C)CCCCC/C=C\[C@@H]1C2. The van der Waals surface area contributed by atoms with E-state index in [1.807, 2.05) is 24.3 Å². The van der Waals surface area contributed by atoms with E-state index >= 15 is 0 Å². The van der Waals surface area contributed by atoms with E-state index in [9.17, 15) is 32.4 Å². The van der Waals surface area contributed by atoms with Gasteiger partial charge in [-0.25, -0.2) is 18.0 Å². The Bertz CT molecular complexity index is 1800. The molecule has 1 saturated carbocycles. The number of alkyl carbamates (subject to hydrolysis) is 1. The Balaban J connectivity index is 1.25. The Kier molecular flexibility index (Phi) is 11.4. The van der Waals surface area contributed by atoms with Crippen molar-refractivity contribution in [3.8, 4) is 11.5 Å². The summed E-state index contributed by atoms with van der Waals surface area (Å²) in [6.07, 6.45) is 4.87. The first-order valence-corrected chi connectivity index (χ1v) is 20.8. The van der Waals surface area contributed by atoms with E-state index in [4.69, 9.17) is 18.9 Å². The van der Waals surface area contributed by atoms with Crippen LogP contribution < -0.4 is 14.8 Å². The molecule has 0 bridgehead atoms. The fourth-order valence-corrected chi connectivity index (χ4v) is 8.84. The molecule has 3 amide bonds. The molecule has 1 aromatic carbocycles. The lowest BCUT2D eigenvalue weighted by molar-refractivity contribution is -0.140. The first-order valence-electron chi connectivity index (χ1n) is 19.1. The zero-order valence-corrected chi connectivity index (χ0v) is 32.7. The lowest BCUT2D eigenvalue weighted by atomic mass is 9.88. The number of ether oxygens (including phenoxy) is 4. The number of ketones is 2. The van der Waals surface area contributed by atoms with Crippen LogP contribution in [-0.4, -0.2) is 102 Å². The smallest absolute Gasteiger partial charge is 0.410 e. The normalized spacial score (nSPS) is 27.9. The zero-order valence-electron chi connectivity index (χ0n) is 31.9. The molecule has 4 heterocycles. The number of amides is 3. The van der Waals surface area contributed by atoms with Crippen molar-refractivity contribution in [2.45, 2.75) is 128 Å². The molecule has 5 aliphatic rings. The van der Waals surface area contributed by atoms with Crippen molar-refractivity contribution in [2.24, 2.45) is 11.3 Å². The Morgan fingerprint density at radius 3 is 2.56 bits per heavy atom. The molecule has 296 valence electrons. The average Bonchev–Trinajstić information content (AvgIpc) is 3.40. The van der Waals surface area contributed by atoms with Gasteiger partial charge in [-0.2, -0.15) is 0 Å². The van der Waals surface area contributed by atoms with Gasteiger partial charge in [0, 0.05) is 30.4 Å². The van der Waals surface area contributed by atoms with E-state index in [-0.39, 0.29) is 38.4 Å². The molecule has 0 radical (unpaired) electrons. The minimum absolute atomic E-state index is 0.0162. The quantitative estimate of drug-likeness (QED) is 0.399. The number of nitrogens with one attached hydrogen (secondary N) is 1. The van der Waals surface area contributed by atoms with Gasteiger partial charge in [0.2, 0.25) is 5.91 Å². The molecule has 1 saturated heterocycles. The molecule has 4 aliphatic heterocycles. The largest absolute Gasteiger partial charge is 0.486 e. The highest BCUT2D eigenvalue weighted by atomic mass is 32.2. The highest BCUT2D eigenvalue weighted by molar-refractivity contribution is 7.92. The van der Waals surface area contributed by atoms with E-state index in [0.717, 1.165) is 24.0 Å². The van der Waals surface area contributed by atoms with Crippen LogP contribution in [0.4, 0.5) is 9.59 Å². The summed E-state index contributed by atoms with van der Waals surface area (Å²) in [6.45, 7) is 9.45. The topological polar surface area (TPSA) is 175 Å². The first-order chi connectivity index (χ1) is 25.5. The second-order valence-corrected chi connectivity index (χ2v) is 19.0. The second-order valence-electron chi connectivity index (χ2n) is 16.5. The van der Waals surface area contributed by atoms with Crippen molar-refractivity contribution in [3.63, 3.8) is 0 Å². The predicted octanol–water partition coefficient (Wildman–Crippen LogP) is 4.65. The highest BCUT2D eigenvalue weighted by Gasteiger charge is 2.60. The molecule has 2 fully saturated rings. The van der Waals surface area contributed by atoms with Crippen LogP contribution in [0.15, 0.2) is 24.3 Å². The van der Waals surface area contributed by atoms with Gasteiger partial charge in [-0.3, -0.25) is 19.3 Å². The maximum absolute atomic E-state index is 14.4. The number of rotatable bonds is 6. The van der Waals surface area contributed by atoms with Crippen molar-refractivity contribution in [3.05, 3.63) is 35.4 Å². The molecule has 15 heteroatoms. The summed E-state index contributed by atoms with van der Waals surface area (Å²) in [5.74, 6) is -1.19. The van der Waals surface area contributed by atoms with Gasteiger partial charge in [0.1, 0.15) is 36.7 Å². The van der Waals surface area contributed by atoms with E-state index < -0.39 is 79.7 Å². The molecule has 6 rings (SSSR count). The summed E-state index contributed by atoms with van der Waals surface area (Å²) in [4.78, 5) is 72.1. The number of carbonyl (C=O) groups excluding carboxylic acids is 5. The Labute approximate surface area is 317 Å². The fourth-order valence-electron chi connectivity index (χ4n) is 7.85. The number of Topliss-reactive ketones (excluding diaryl/α,β-unsaturated/α-hetero) is 2. The molecule has 1 N–H and O–H groups in total. The van der Waals surface area contributed by atoms with Gasteiger partial charge in [-0.05, 0) is 77.8 Å².